The number of oxime groups is 1. The first kappa shape index (κ1) is 22.1. The quantitative estimate of drug-likeness (QED) is 0.177. The highest BCUT2D eigenvalue weighted by Gasteiger charge is 2.39. The molecule has 32 heavy (non-hydrogen) atoms. The van der Waals surface area contributed by atoms with Crippen molar-refractivity contribution in [2.75, 3.05) is 18.8 Å². The van der Waals surface area contributed by atoms with Gasteiger partial charge in [-0.15, -0.1) is 11.3 Å². The van der Waals surface area contributed by atoms with Gasteiger partial charge >= 0.3 is 13.1 Å². The Balaban J connectivity index is 1.54. The van der Waals surface area contributed by atoms with Crippen molar-refractivity contribution >= 4 is 41.2 Å². The van der Waals surface area contributed by atoms with Crippen LogP contribution in [0.25, 0.3) is 0 Å². The second-order valence-electron chi connectivity index (χ2n) is 7.69. The van der Waals surface area contributed by atoms with Crippen LogP contribution in [-0.4, -0.2) is 69.0 Å². The third kappa shape index (κ3) is 4.40. The van der Waals surface area contributed by atoms with E-state index in [9.17, 15) is 24.9 Å². The van der Waals surface area contributed by atoms with Crippen LogP contribution in [-0.2, 0) is 17.8 Å². The summed E-state index contributed by atoms with van der Waals surface area (Å²) in [5.74, 6) is -2.70. The highest BCUT2D eigenvalue weighted by molar-refractivity contribution is 7.13. The molecule has 6 N–H and O–H groups in total. The predicted octanol–water partition coefficient (Wildman–Crippen LogP) is 0.337. The van der Waals surface area contributed by atoms with Crippen LogP contribution < -0.4 is 15.7 Å². The number of nitrogen functional groups attached to an aromatic ring is 1. The van der Waals surface area contributed by atoms with Gasteiger partial charge in [0.1, 0.15) is 17.0 Å². The highest BCUT2D eigenvalue weighted by atomic mass is 32.1. The van der Waals surface area contributed by atoms with Crippen molar-refractivity contribution in [3.8, 4) is 5.75 Å². The minimum absolute atomic E-state index is 0.0220. The fraction of sp³-hybridized carbons (Fsp3) is 0.368. The number of nitrogens with zero attached hydrogens (tertiary/aromatic N) is 3. The first-order valence-corrected chi connectivity index (χ1v) is 10.9. The summed E-state index contributed by atoms with van der Waals surface area (Å²) in [7, 11) is -1.49. The van der Waals surface area contributed by atoms with Gasteiger partial charge in [-0.25, -0.2) is 9.78 Å². The molecule has 1 amide bonds. The third-order valence-corrected chi connectivity index (χ3v) is 6.22. The topological polar surface area (TPSA) is 171 Å². The Morgan fingerprint density at radius 2 is 2.12 bits per heavy atom. The van der Waals surface area contributed by atoms with Gasteiger partial charge < -0.3 is 31.0 Å². The summed E-state index contributed by atoms with van der Waals surface area (Å²) in [4.78, 5) is 30.7. The van der Waals surface area contributed by atoms with Crippen molar-refractivity contribution < 1.29 is 29.6 Å². The minimum Gasteiger partial charge on any atom is -0.534 e. The molecule has 2 aliphatic rings. The summed E-state index contributed by atoms with van der Waals surface area (Å²) in [5.41, 5.74) is 6.48. The monoisotopic (exact) mass is 459 g/mol. The number of thiazole rings is 1. The third-order valence-electron chi connectivity index (χ3n) is 5.55. The molecule has 11 nitrogen and oxygen atoms in total. The van der Waals surface area contributed by atoms with Crippen LogP contribution >= 0.6 is 11.3 Å². The van der Waals surface area contributed by atoms with Gasteiger partial charge in [-0.05, 0) is 43.5 Å². The first-order chi connectivity index (χ1) is 15.4. The number of fused-ring (bicyclic) bond motifs is 1. The lowest BCUT2D eigenvalue weighted by Crippen LogP contribution is -2.54. The molecule has 168 valence electrons. The number of carboxylic acids is 1. The first-order valence-electron chi connectivity index (χ1n) is 10.1. The molecule has 1 fully saturated rings. The van der Waals surface area contributed by atoms with Crippen molar-refractivity contribution in [2.45, 2.75) is 31.7 Å². The number of hydrogen-bond acceptors (Lipinski definition) is 10. The van der Waals surface area contributed by atoms with E-state index in [1.807, 2.05) is 0 Å². The van der Waals surface area contributed by atoms with E-state index in [2.05, 4.69) is 20.4 Å². The number of likely N-dealkylation sites (tertiary alicyclic amines) is 1. The van der Waals surface area contributed by atoms with E-state index in [0.29, 0.717) is 17.7 Å². The van der Waals surface area contributed by atoms with Crippen molar-refractivity contribution in [3.63, 3.8) is 0 Å². The number of anilines is 1. The summed E-state index contributed by atoms with van der Waals surface area (Å²) >= 11 is 1.08. The predicted molar refractivity (Wildman–Crippen MR) is 117 cm³/mol. The Hall–Kier alpha value is -3.16. The van der Waals surface area contributed by atoms with E-state index < -0.39 is 24.9 Å². The number of carbonyl (C=O) groups is 2. The van der Waals surface area contributed by atoms with E-state index in [-0.39, 0.29) is 34.3 Å². The Morgan fingerprint density at radius 3 is 2.75 bits per heavy atom. The molecule has 3 heterocycles. The number of hydrogen-bond donors (Lipinski definition) is 5. The molecular weight excluding hydrogens is 437 g/mol. The number of carboxylic acid groups (broad SMARTS) is 1. The lowest BCUT2D eigenvalue weighted by atomic mass is 9.72. The molecule has 13 heteroatoms. The molecule has 0 saturated carbocycles. The molecule has 0 bridgehead atoms. The number of aromatic nitrogens is 1. The molecule has 4 rings (SSSR count). The van der Waals surface area contributed by atoms with Gasteiger partial charge in [0.15, 0.2) is 10.8 Å². The lowest BCUT2D eigenvalue weighted by Gasteiger charge is -2.30. The molecule has 1 aromatic carbocycles. The maximum Gasteiger partial charge on any atom is 0.547 e. The summed E-state index contributed by atoms with van der Waals surface area (Å²) in [6.45, 7) is 2.31. The SMILES string of the molecule is Nc1nc(/C(=N/O)C(=O)N[C@H]2Cc3ccc(CN4CCCC4)c(C(=O)O)c3OB2O)cs1. The van der Waals surface area contributed by atoms with Crippen molar-refractivity contribution in [2.24, 2.45) is 5.16 Å². The van der Waals surface area contributed by atoms with Crippen LogP contribution in [0.2, 0.25) is 0 Å². The van der Waals surface area contributed by atoms with Crippen molar-refractivity contribution in [1.82, 2.24) is 15.2 Å². The average Bonchev–Trinajstić information content (AvgIpc) is 3.41. The Bertz CT molecular complexity index is 1070. The molecule has 2 aliphatic heterocycles. The van der Waals surface area contributed by atoms with Crippen LogP contribution in [0.1, 0.15) is 40.0 Å². The van der Waals surface area contributed by atoms with E-state index in [4.69, 9.17) is 10.4 Å². The van der Waals surface area contributed by atoms with E-state index in [0.717, 1.165) is 37.3 Å². The average molecular weight is 459 g/mol. The van der Waals surface area contributed by atoms with Gasteiger partial charge in [-0.1, -0.05) is 17.3 Å². The summed E-state index contributed by atoms with van der Waals surface area (Å²) in [6.07, 6.45) is 2.29. The van der Waals surface area contributed by atoms with Crippen molar-refractivity contribution in [3.05, 3.63) is 39.9 Å². The number of rotatable bonds is 6. The number of carbonyl (C=O) groups excluding carboxylic acids is 1. The fourth-order valence-electron chi connectivity index (χ4n) is 4.02. The van der Waals surface area contributed by atoms with Gasteiger partial charge in [-0.3, -0.25) is 9.69 Å². The van der Waals surface area contributed by atoms with Crippen LogP contribution in [0.3, 0.4) is 0 Å². The molecule has 1 aromatic heterocycles. The van der Waals surface area contributed by atoms with Gasteiger partial charge in [-0.2, -0.15) is 0 Å². The zero-order chi connectivity index (χ0) is 22.8. The minimum atomic E-state index is -1.49. The second-order valence-corrected chi connectivity index (χ2v) is 8.58. The largest absolute Gasteiger partial charge is 0.547 e. The maximum absolute atomic E-state index is 12.6. The smallest absolute Gasteiger partial charge is 0.534 e. The van der Waals surface area contributed by atoms with Crippen LogP contribution in [0, 0.1) is 0 Å². The molecule has 2 aromatic rings. The number of benzene rings is 1. The summed E-state index contributed by atoms with van der Waals surface area (Å²) in [5, 5.41) is 36.8. The number of aromatic carboxylic acids is 1. The molecule has 1 saturated heterocycles. The van der Waals surface area contributed by atoms with Gasteiger partial charge in [0.2, 0.25) is 0 Å². The Kier molecular flexibility index (Phi) is 6.30. The van der Waals surface area contributed by atoms with E-state index in [1.54, 1.807) is 12.1 Å². The molecule has 1 atom stereocenters. The van der Waals surface area contributed by atoms with Gasteiger partial charge in [0, 0.05) is 11.9 Å². The van der Waals surface area contributed by atoms with Crippen LogP contribution in [0.5, 0.6) is 5.75 Å². The summed E-state index contributed by atoms with van der Waals surface area (Å²) in [6, 6.07) is 3.50. The van der Waals surface area contributed by atoms with Crippen LogP contribution in [0.4, 0.5) is 5.13 Å². The molecule has 0 aliphatic carbocycles. The molecular formula is C19H22BN5O6S. The van der Waals surface area contributed by atoms with Gasteiger partial charge in [0.05, 0.1) is 5.94 Å². The maximum atomic E-state index is 12.6. The lowest BCUT2D eigenvalue weighted by molar-refractivity contribution is -0.115. The van der Waals surface area contributed by atoms with Crippen LogP contribution in [0.15, 0.2) is 22.7 Å². The standard InChI is InChI=1S/C19H22BN5O6S/c21-19-22-12(9-32-19)15(24-30)17(26)23-13-7-10-3-4-11(8-25-5-1-2-6-25)14(18(27)28)16(10)31-20(13)29/h3-4,9,13,29-30H,1-2,5-8H2,(H2,21,22)(H,23,26)(H,27,28)/b24-15-/t13-/m0/s1. The van der Waals surface area contributed by atoms with E-state index in [1.165, 1.54) is 5.38 Å². The zero-order valence-corrected chi connectivity index (χ0v) is 17.8. The van der Waals surface area contributed by atoms with Gasteiger partial charge in [0.25, 0.3) is 5.91 Å². The number of nitrogens with two attached hydrogens (primary N) is 1. The summed E-state index contributed by atoms with van der Waals surface area (Å²) < 4.78 is 5.57. The van der Waals surface area contributed by atoms with Crippen molar-refractivity contribution in [1.29, 1.82) is 0 Å². The molecule has 0 spiro atoms. The Labute approximate surface area is 187 Å². The normalized spacial score (nSPS) is 18.8. The Morgan fingerprint density at radius 1 is 1.38 bits per heavy atom. The zero-order valence-electron chi connectivity index (χ0n) is 17.0. The number of nitrogens with one attached hydrogen (secondary N) is 1. The fourth-order valence-corrected chi connectivity index (χ4v) is 4.57. The highest BCUT2D eigenvalue weighted by Crippen LogP contribution is 2.33. The molecule has 0 unspecified atom stereocenters. The molecule has 0 radical (unpaired) electrons. The van der Waals surface area contributed by atoms with E-state index >= 15 is 0 Å². The number of amides is 1. The second kappa shape index (κ2) is 9.14.